The molecule has 0 aliphatic carbocycles. The number of hydrogen-bond acceptors (Lipinski definition) is 4. The van der Waals surface area contributed by atoms with E-state index in [4.69, 9.17) is 10.5 Å². The predicted molar refractivity (Wildman–Crippen MR) is 57.1 cm³/mol. The van der Waals surface area contributed by atoms with Crippen molar-refractivity contribution >= 4 is 11.5 Å². The molecule has 1 fully saturated rings. The van der Waals surface area contributed by atoms with Crippen LogP contribution in [0.4, 0.5) is 0 Å². The minimum atomic E-state index is 0.132. The molecule has 4 heteroatoms. The normalized spacial score (nSPS) is 30.1. The van der Waals surface area contributed by atoms with Crippen molar-refractivity contribution in [2.24, 2.45) is 17.6 Å². The molecule has 0 aromatic carbocycles. The van der Waals surface area contributed by atoms with Crippen LogP contribution in [0, 0.1) is 11.8 Å². The lowest BCUT2D eigenvalue weighted by Gasteiger charge is -2.32. The van der Waals surface area contributed by atoms with E-state index in [2.05, 4.69) is 11.3 Å². The van der Waals surface area contributed by atoms with Crippen LogP contribution in [0.2, 0.25) is 0 Å². The summed E-state index contributed by atoms with van der Waals surface area (Å²) in [5, 5.41) is 2.05. The van der Waals surface area contributed by atoms with Gasteiger partial charge in [0.1, 0.15) is 0 Å². The standard InChI is InChI=1S/C10H16N2OS/c1-7-5-13-3-2-9(7)10(11)8-4-12-14-6-8/h4,6-7,9-10H,2-3,5,11H2,1H3. The first-order valence-electron chi connectivity index (χ1n) is 5.01. The molecule has 0 spiro atoms. The van der Waals surface area contributed by atoms with Crippen LogP contribution in [-0.4, -0.2) is 17.6 Å². The van der Waals surface area contributed by atoms with E-state index in [1.807, 2.05) is 11.6 Å². The lowest BCUT2D eigenvalue weighted by Crippen LogP contribution is -2.33. The minimum Gasteiger partial charge on any atom is -0.381 e. The molecule has 1 aromatic heterocycles. The van der Waals surface area contributed by atoms with Crippen molar-refractivity contribution < 1.29 is 4.74 Å². The zero-order chi connectivity index (χ0) is 9.97. The van der Waals surface area contributed by atoms with Gasteiger partial charge in [0, 0.05) is 30.8 Å². The van der Waals surface area contributed by atoms with Gasteiger partial charge >= 0.3 is 0 Å². The Morgan fingerprint density at radius 2 is 2.57 bits per heavy atom. The summed E-state index contributed by atoms with van der Waals surface area (Å²) in [4.78, 5) is 0. The highest BCUT2D eigenvalue weighted by atomic mass is 32.1. The summed E-state index contributed by atoms with van der Waals surface area (Å²) in [6.07, 6.45) is 2.95. The Hall–Kier alpha value is -0.450. The Morgan fingerprint density at radius 3 is 3.21 bits per heavy atom. The molecule has 0 amide bonds. The van der Waals surface area contributed by atoms with Crippen molar-refractivity contribution in [3.8, 4) is 0 Å². The first kappa shape index (κ1) is 10.1. The summed E-state index contributed by atoms with van der Waals surface area (Å²) in [5.41, 5.74) is 7.39. The second-order valence-electron chi connectivity index (χ2n) is 3.99. The number of hydrogen-bond donors (Lipinski definition) is 1. The Bertz CT molecular complexity index is 276. The van der Waals surface area contributed by atoms with Gasteiger partial charge in [0.25, 0.3) is 0 Å². The zero-order valence-corrected chi connectivity index (χ0v) is 9.17. The van der Waals surface area contributed by atoms with E-state index in [1.165, 1.54) is 17.1 Å². The highest BCUT2D eigenvalue weighted by Crippen LogP contribution is 2.32. The van der Waals surface area contributed by atoms with Crippen molar-refractivity contribution in [3.05, 3.63) is 17.1 Å². The molecule has 1 saturated heterocycles. The van der Waals surface area contributed by atoms with Gasteiger partial charge in [0.2, 0.25) is 0 Å². The van der Waals surface area contributed by atoms with Crippen molar-refractivity contribution in [2.45, 2.75) is 19.4 Å². The Morgan fingerprint density at radius 1 is 1.71 bits per heavy atom. The second-order valence-corrected chi connectivity index (χ2v) is 4.65. The van der Waals surface area contributed by atoms with Crippen molar-refractivity contribution in [1.29, 1.82) is 0 Å². The van der Waals surface area contributed by atoms with E-state index >= 15 is 0 Å². The van der Waals surface area contributed by atoms with E-state index in [-0.39, 0.29) is 6.04 Å². The van der Waals surface area contributed by atoms with Gasteiger partial charge in [0.05, 0.1) is 0 Å². The van der Waals surface area contributed by atoms with Crippen LogP contribution in [0.3, 0.4) is 0 Å². The summed E-state index contributed by atoms with van der Waals surface area (Å²) in [7, 11) is 0. The van der Waals surface area contributed by atoms with E-state index in [9.17, 15) is 0 Å². The van der Waals surface area contributed by atoms with Gasteiger partial charge in [-0.2, -0.15) is 0 Å². The van der Waals surface area contributed by atoms with Crippen LogP contribution in [0.15, 0.2) is 11.6 Å². The fraction of sp³-hybridized carbons (Fsp3) is 0.700. The molecule has 2 rings (SSSR count). The summed E-state index contributed by atoms with van der Waals surface area (Å²) < 4.78 is 9.50. The van der Waals surface area contributed by atoms with Crippen molar-refractivity contribution in [3.63, 3.8) is 0 Å². The summed E-state index contributed by atoms with van der Waals surface area (Å²) in [5.74, 6) is 1.10. The molecule has 2 N–H and O–H groups in total. The maximum Gasteiger partial charge on any atom is 0.0494 e. The first-order valence-corrected chi connectivity index (χ1v) is 5.85. The van der Waals surface area contributed by atoms with Gasteiger partial charge < -0.3 is 10.5 Å². The molecule has 1 aliphatic heterocycles. The number of ether oxygens (including phenoxy) is 1. The maximum atomic E-state index is 6.22. The number of nitrogens with two attached hydrogens (primary N) is 1. The molecular formula is C10H16N2OS. The molecule has 1 aromatic rings. The SMILES string of the molecule is CC1COCCC1C(N)c1cnsc1. The van der Waals surface area contributed by atoms with E-state index in [0.29, 0.717) is 11.8 Å². The molecule has 0 radical (unpaired) electrons. The lowest BCUT2D eigenvalue weighted by molar-refractivity contribution is 0.0154. The van der Waals surface area contributed by atoms with Gasteiger partial charge in [-0.05, 0) is 35.4 Å². The third kappa shape index (κ3) is 1.97. The number of rotatable bonds is 2. The van der Waals surface area contributed by atoms with Crippen LogP contribution in [0.5, 0.6) is 0 Å². The molecule has 1 aliphatic rings. The summed E-state index contributed by atoms with van der Waals surface area (Å²) in [6, 6.07) is 0.132. The van der Waals surface area contributed by atoms with Crippen LogP contribution in [0.25, 0.3) is 0 Å². The monoisotopic (exact) mass is 212 g/mol. The third-order valence-electron chi connectivity index (χ3n) is 3.00. The van der Waals surface area contributed by atoms with Gasteiger partial charge in [-0.25, -0.2) is 4.37 Å². The summed E-state index contributed by atoms with van der Waals surface area (Å²) in [6.45, 7) is 3.90. The molecule has 0 saturated carbocycles. The van der Waals surface area contributed by atoms with Gasteiger partial charge in [-0.1, -0.05) is 6.92 Å². The van der Waals surface area contributed by atoms with E-state index < -0.39 is 0 Å². The smallest absolute Gasteiger partial charge is 0.0494 e. The van der Waals surface area contributed by atoms with Crippen LogP contribution < -0.4 is 5.73 Å². The second kappa shape index (κ2) is 4.38. The van der Waals surface area contributed by atoms with Gasteiger partial charge in [-0.3, -0.25) is 0 Å². The summed E-state index contributed by atoms with van der Waals surface area (Å²) >= 11 is 1.47. The molecule has 2 heterocycles. The van der Waals surface area contributed by atoms with Gasteiger partial charge in [0.15, 0.2) is 0 Å². The zero-order valence-electron chi connectivity index (χ0n) is 8.35. The average molecular weight is 212 g/mol. The van der Waals surface area contributed by atoms with Crippen molar-refractivity contribution in [2.75, 3.05) is 13.2 Å². The highest BCUT2D eigenvalue weighted by Gasteiger charge is 2.28. The lowest BCUT2D eigenvalue weighted by atomic mass is 9.82. The Balaban J connectivity index is 2.06. The van der Waals surface area contributed by atoms with Gasteiger partial charge in [-0.15, -0.1) is 0 Å². The molecule has 3 atom stereocenters. The molecule has 3 unspecified atom stereocenters. The fourth-order valence-electron chi connectivity index (χ4n) is 2.06. The molecular weight excluding hydrogens is 196 g/mol. The minimum absolute atomic E-state index is 0.132. The Labute approximate surface area is 88.4 Å². The average Bonchev–Trinajstić information content (AvgIpc) is 2.70. The number of nitrogens with zero attached hydrogens (tertiary/aromatic N) is 1. The molecule has 14 heavy (non-hydrogen) atoms. The predicted octanol–water partition coefficient (Wildman–Crippen LogP) is 1.82. The van der Waals surface area contributed by atoms with Crippen molar-refractivity contribution in [1.82, 2.24) is 4.37 Å². The van der Waals surface area contributed by atoms with E-state index in [0.717, 1.165) is 19.6 Å². The fourth-order valence-corrected chi connectivity index (χ4v) is 2.64. The highest BCUT2D eigenvalue weighted by molar-refractivity contribution is 7.03. The maximum absolute atomic E-state index is 6.22. The first-order chi connectivity index (χ1) is 6.79. The van der Waals surface area contributed by atoms with Crippen LogP contribution in [-0.2, 0) is 4.74 Å². The largest absolute Gasteiger partial charge is 0.381 e. The third-order valence-corrected chi connectivity index (χ3v) is 3.61. The number of aromatic nitrogens is 1. The topological polar surface area (TPSA) is 48.1 Å². The molecule has 0 bridgehead atoms. The quantitative estimate of drug-likeness (QED) is 0.813. The van der Waals surface area contributed by atoms with Crippen LogP contribution >= 0.6 is 11.5 Å². The van der Waals surface area contributed by atoms with Crippen LogP contribution in [0.1, 0.15) is 24.9 Å². The molecule has 3 nitrogen and oxygen atoms in total. The Kier molecular flexibility index (Phi) is 3.15. The molecule has 78 valence electrons. The van der Waals surface area contributed by atoms with E-state index in [1.54, 1.807) is 0 Å².